The zero-order chi connectivity index (χ0) is 23.1. The van der Waals surface area contributed by atoms with Crippen molar-refractivity contribution in [1.29, 1.82) is 0 Å². The van der Waals surface area contributed by atoms with Gasteiger partial charge in [-0.05, 0) is 44.0 Å². The molecule has 0 bridgehead atoms. The van der Waals surface area contributed by atoms with Gasteiger partial charge in [0, 0.05) is 29.1 Å². The maximum atomic E-state index is 10.9. The Balaban J connectivity index is 1.95. The lowest BCUT2D eigenvalue weighted by Crippen LogP contribution is -2.12. The number of aliphatic imine (C=N–C) groups is 1. The summed E-state index contributed by atoms with van der Waals surface area (Å²) >= 11 is 0. The van der Waals surface area contributed by atoms with Crippen LogP contribution in [-0.2, 0) is 16.1 Å². The molecule has 0 aliphatic heterocycles. The molecule has 0 saturated heterocycles. The number of aliphatic carboxylic acids is 1. The minimum atomic E-state index is -0.837. The van der Waals surface area contributed by atoms with Gasteiger partial charge in [0.2, 0.25) is 5.90 Å². The summed E-state index contributed by atoms with van der Waals surface area (Å²) in [5.74, 6) is 6.06. The van der Waals surface area contributed by atoms with Crippen LogP contribution >= 0.6 is 0 Å². The van der Waals surface area contributed by atoms with E-state index in [1.807, 2.05) is 38.2 Å². The average molecular weight is 437 g/mol. The van der Waals surface area contributed by atoms with Gasteiger partial charge in [-0.3, -0.25) is 4.79 Å². The van der Waals surface area contributed by atoms with Crippen LogP contribution in [0.4, 0.5) is 0 Å². The maximum Gasteiger partial charge on any atom is 0.303 e. The normalized spacial score (nSPS) is 11.4. The molecule has 8 heteroatoms. The van der Waals surface area contributed by atoms with Gasteiger partial charge in [0.05, 0.1) is 24.4 Å². The highest BCUT2D eigenvalue weighted by Crippen LogP contribution is 2.31. The Hall–Kier alpha value is -3.78. The van der Waals surface area contributed by atoms with Gasteiger partial charge in [0.1, 0.15) is 0 Å². The van der Waals surface area contributed by atoms with Crippen molar-refractivity contribution in [3.8, 4) is 11.5 Å². The molecule has 0 saturated carbocycles. The lowest BCUT2D eigenvalue weighted by Gasteiger charge is -2.13. The van der Waals surface area contributed by atoms with Gasteiger partial charge in [-0.1, -0.05) is 24.8 Å². The molecule has 2 aromatic carbocycles. The Labute approximate surface area is 186 Å². The Morgan fingerprint density at radius 2 is 1.91 bits per heavy atom. The van der Waals surface area contributed by atoms with Crippen LogP contribution in [0.15, 0.2) is 54.2 Å². The van der Waals surface area contributed by atoms with E-state index < -0.39 is 5.97 Å². The number of para-hydroxylation sites is 1. The molecular formula is C24H27N3O5. The summed E-state index contributed by atoms with van der Waals surface area (Å²) in [4.78, 5) is 23.7. The van der Waals surface area contributed by atoms with E-state index in [1.165, 1.54) is 0 Å². The highest BCUT2D eigenvalue weighted by molar-refractivity contribution is 6.00. The summed E-state index contributed by atoms with van der Waals surface area (Å²) in [6.07, 6.45) is 2.30. The molecular weight excluding hydrogens is 410 g/mol. The fourth-order valence-corrected chi connectivity index (χ4v) is 3.43. The fourth-order valence-electron chi connectivity index (χ4n) is 3.43. The first-order chi connectivity index (χ1) is 15.5. The number of aryl methyl sites for hydroxylation is 1. The second kappa shape index (κ2) is 10.5. The van der Waals surface area contributed by atoms with Crippen LogP contribution in [-0.4, -0.2) is 35.2 Å². The second-order valence-corrected chi connectivity index (χ2v) is 6.94. The monoisotopic (exact) mass is 437 g/mol. The number of nitrogens with one attached hydrogen (secondary N) is 1. The van der Waals surface area contributed by atoms with E-state index in [2.05, 4.69) is 16.6 Å². The van der Waals surface area contributed by atoms with E-state index in [1.54, 1.807) is 18.2 Å². The first-order valence-corrected chi connectivity index (χ1v) is 10.3. The third kappa shape index (κ3) is 5.09. The van der Waals surface area contributed by atoms with E-state index in [9.17, 15) is 4.79 Å². The molecule has 3 aromatic rings. The molecule has 1 aromatic heterocycles. The van der Waals surface area contributed by atoms with Crippen molar-refractivity contribution in [2.24, 2.45) is 10.9 Å². The van der Waals surface area contributed by atoms with Gasteiger partial charge in [-0.15, -0.1) is 0 Å². The zero-order valence-corrected chi connectivity index (χ0v) is 18.2. The van der Waals surface area contributed by atoms with Crippen LogP contribution in [0, 0.1) is 0 Å². The molecule has 0 fully saturated rings. The molecule has 0 unspecified atom stereocenters. The van der Waals surface area contributed by atoms with Crippen molar-refractivity contribution in [2.75, 3.05) is 13.2 Å². The number of hydrogen-bond acceptors (Lipinski definition) is 6. The topological polar surface area (TPSA) is 119 Å². The molecule has 8 nitrogen and oxygen atoms in total. The molecule has 4 N–H and O–H groups in total. The Bertz CT molecular complexity index is 1150. The minimum Gasteiger partial charge on any atom is -0.490 e. The van der Waals surface area contributed by atoms with E-state index in [0.717, 1.165) is 22.0 Å². The molecule has 0 atom stereocenters. The van der Waals surface area contributed by atoms with Gasteiger partial charge in [0.25, 0.3) is 0 Å². The number of aromatic amines is 1. The number of nitrogens with two attached hydrogens (primary N) is 1. The lowest BCUT2D eigenvalue weighted by atomic mass is 10.0. The van der Waals surface area contributed by atoms with Gasteiger partial charge in [-0.25, -0.2) is 4.99 Å². The van der Waals surface area contributed by atoms with Crippen LogP contribution in [0.2, 0.25) is 0 Å². The molecule has 0 spiro atoms. The molecule has 0 aliphatic carbocycles. The number of hydrogen-bond donors (Lipinski definition) is 3. The van der Waals surface area contributed by atoms with Crippen molar-refractivity contribution >= 4 is 28.5 Å². The van der Waals surface area contributed by atoms with Crippen molar-refractivity contribution in [3.05, 3.63) is 65.9 Å². The van der Waals surface area contributed by atoms with Crippen LogP contribution in [0.3, 0.4) is 0 Å². The number of carboxylic acids is 1. The van der Waals surface area contributed by atoms with Crippen molar-refractivity contribution in [1.82, 2.24) is 4.98 Å². The zero-order valence-electron chi connectivity index (χ0n) is 18.2. The number of carbonyl (C=O) groups is 1. The number of benzene rings is 2. The Morgan fingerprint density at radius 1 is 1.16 bits per heavy atom. The van der Waals surface area contributed by atoms with E-state index in [-0.39, 0.29) is 12.3 Å². The van der Waals surface area contributed by atoms with E-state index in [0.29, 0.717) is 42.4 Å². The number of aromatic nitrogens is 1. The summed E-state index contributed by atoms with van der Waals surface area (Å²) < 4.78 is 11.3. The van der Waals surface area contributed by atoms with E-state index in [4.69, 9.17) is 25.3 Å². The van der Waals surface area contributed by atoms with Gasteiger partial charge < -0.3 is 24.4 Å². The maximum absolute atomic E-state index is 10.9. The number of fused-ring (bicyclic) bond motifs is 1. The minimum absolute atomic E-state index is 0.0569. The third-order valence-corrected chi connectivity index (χ3v) is 4.86. The Morgan fingerprint density at radius 3 is 2.59 bits per heavy atom. The SMILES string of the molecule is C=C(N=C(ON)c1ccc(OCC)c(OCC)c1)c1cccc2c(CCC(=O)O)c[nH]c12. The molecule has 0 amide bonds. The summed E-state index contributed by atoms with van der Waals surface area (Å²) in [7, 11) is 0. The number of nitrogens with zero attached hydrogens (tertiary/aromatic N) is 1. The standard InChI is InChI=1S/C24H27N3O5/c1-4-30-20-11-9-16(13-21(20)31-5-2)24(32-25)27-15(3)18-7-6-8-19-17(10-12-22(28)29)14-26-23(18)19/h6-9,11,13-14,26H,3-5,10,12,25H2,1-2H3,(H,28,29). The largest absolute Gasteiger partial charge is 0.490 e. The van der Waals surface area contributed by atoms with Gasteiger partial charge >= 0.3 is 5.97 Å². The first kappa shape index (κ1) is 22.9. The van der Waals surface area contributed by atoms with Crippen molar-refractivity contribution in [3.63, 3.8) is 0 Å². The molecule has 168 valence electrons. The first-order valence-electron chi connectivity index (χ1n) is 10.3. The van der Waals surface area contributed by atoms with Crippen LogP contribution in [0.25, 0.3) is 16.6 Å². The third-order valence-electron chi connectivity index (χ3n) is 4.86. The molecule has 0 aliphatic rings. The van der Waals surface area contributed by atoms with Gasteiger partial charge in [-0.2, -0.15) is 5.90 Å². The number of ether oxygens (including phenoxy) is 2. The summed E-state index contributed by atoms with van der Waals surface area (Å²) in [6, 6.07) is 11.0. The number of rotatable bonds is 10. The number of H-pyrrole nitrogens is 1. The van der Waals surface area contributed by atoms with Crippen molar-refractivity contribution < 1.29 is 24.2 Å². The quantitative estimate of drug-likeness (QED) is 0.247. The molecule has 0 radical (unpaired) electrons. The predicted octanol–water partition coefficient (Wildman–Crippen LogP) is 4.29. The molecule has 32 heavy (non-hydrogen) atoms. The van der Waals surface area contributed by atoms with Crippen molar-refractivity contribution in [2.45, 2.75) is 26.7 Å². The highest BCUT2D eigenvalue weighted by Gasteiger charge is 2.14. The average Bonchev–Trinajstić information content (AvgIpc) is 3.20. The van der Waals surface area contributed by atoms with Gasteiger partial charge in [0.15, 0.2) is 11.5 Å². The van der Waals surface area contributed by atoms with E-state index >= 15 is 0 Å². The fraction of sp³-hybridized carbons (Fsp3) is 0.250. The summed E-state index contributed by atoms with van der Waals surface area (Å²) in [6.45, 7) is 8.86. The smallest absolute Gasteiger partial charge is 0.303 e. The molecule has 1 heterocycles. The summed E-state index contributed by atoms with van der Waals surface area (Å²) in [5.41, 5.74) is 3.55. The Kier molecular flexibility index (Phi) is 7.51. The predicted molar refractivity (Wildman–Crippen MR) is 124 cm³/mol. The van der Waals surface area contributed by atoms with Crippen LogP contribution < -0.4 is 15.4 Å². The highest BCUT2D eigenvalue weighted by atomic mass is 16.6. The summed E-state index contributed by atoms with van der Waals surface area (Å²) in [5, 5.41) is 9.90. The number of carboxylic acid groups (broad SMARTS) is 1. The lowest BCUT2D eigenvalue weighted by molar-refractivity contribution is -0.136. The van der Waals surface area contributed by atoms with Crippen LogP contribution in [0.1, 0.15) is 37.0 Å². The van der Waals surface area contributed by atoms with Crippen LogP contribution in [0.5, 0.6) is 11.5 Å². The second-order valence-electron chi connectivity index (χ2n) is 6.94. The molecule has 3 rings (SSSR count).